The summed E-state index contributed by atoms with van der Waals surface area (Å²) < 4.78 is 8.73. The van der Waals surface area contributed by atoms with E-state index >= 15 is 0 Å². The van der Waals surface area contributed by atoms with E-state index in [1.54, 1.807) is 10.9 Å². The van der Waals surface area contributed by atoms with E-state index in [0.717, 1.165) is 29.5 Å². The predicted molar refractivity (Wildman–Crippen MR) is 157 cm³/mol. The Balaban J connectivity index is 1.42. The largest absolute Gasteiger partial charge is 0.368 e. The zero-order valence-electron chi connectivity index (χ0n) is 22.8. The molecule has 0 bridgehead atoms. The number of benzene rings is 3. The average Bonchev–Trinajstić information content (AvgIpc) is 3.70. The molecule has 0 amide bonds. The van der Waals surface area contributed by atoms with E-state index in [0.29, 0.717) is 29.4 Å². The Bertz CT molecular complexity index is 1440. The van der Waals surface area contributed by atoms with Gasteiger partial charge in [0, 0.05) is 6.04 Å². The van der Waals surface area contributed by atoms with Crippen LogP contribution in [-0.2, 0) is 16.1 Å². The van der Waals surface area contributed by atoms with Crippen molar-refractivity contribution < 1.29 is 9.84 Å². The number of aliphatic hydroxyl groups is 1. The first kappa shape index (κ1) is 26.2. The molecule has 7 nitrogen and oxygen atoms in total. The number of ether oxygens (including phenoxy) is 1. The maximum atomic E-state index is 12.2. The molecule has 2 N–H and O–H groups in total. The van der Waals surface area contributed by atoms with Crippen LogP contribution in [-0.4, -0.2) is 37.3 Å². The van der Waals surface area contributed by atoms with Crippen LogP contribution in [0.25, 0.3) is 11.2 Å². The Morgan fingerprint density at radius 2 is 1.38 bits per heavy atom. The molecule has 1 aliphatic carbocycles. The molecule has 1 atom stereocenters. The summed E-state index contributed by atoms with van der Waals surface area (Å²) in [5.74, 6) is 0.710. The topological polar surface area (TPSA) is 85.1 Å². The first-order valence-electron chi connectivity index (χ1n) is 14.1. The van der Waals surface area contributed by atoms with Crippen molar-refractivity contribution in [3.8, 4) is 0 Å². The molecule has 1 unspecified atom stereocenters. The van der Waals surface area contributed by atoms with E-state index in [-0.39, 0.29) is 6.61 Å². The van der Waals surface area contributed by atoms with E-state index < -0.39 is 11.3 Å². The Kier molecular flexibility index (Phi) is 7.32. The normalized spacial score (nSPS) is 15.8. The van der Waals surface area contributed by atoms with E-state index in [1.165, 1.54) is 19.2 Å². The summed E-state index contributed by atoms with van der Waals surface area (Å²) in [6.07, 6.45) is 8.28. The zero-order valence-corrected chi connectivity index (χ0v) is 22.8. The number of aromatic nitrogens is 4. The molecule has 1 fully saturated rings. The highest BCUT2D eigenvalue weighted by atomic mass is 16.5. The molecule has 7 heteroatoms. The minimum atomic E-state index is -1.41. The van der Waals surface area contributed by atoms with Crippen LogP contribution in [0.2, 0.25) is 0 Å². The average molecular weight is 534 g/mol. The van der Waals surface area contributed by atoms with Gasteiger partial charge in [0.25, 0.3) is 0 Å². The van der Waals surface area contributed by atoms with Gasteiger partial charge in [-0.05, 0) is 36.0 Å². The maximum absolute atomic E-state index is 12.2. The number of hydrogen-bond acceptors (Lipinski definition) is 6. The van der Waals surface area contributed by atoms with Crippen LogP contribution >= 0.6 is 0 Å². The van der Waals surface area contributed by atoms with Crippen LogP contribution < -0.4 is 5.32 Å². The molecule has 3 aromatic carbocycles. The molecule has 1 saturated carbocycles. The number of imidazole rings is 1. The van der Waals surface area contributed by atoms with Gasteiger partial charge in [0.15, 0.2) is 22.7 Å². The zero-order chi connectivity index (χ0) is 27.4. The Hall–Kier alpha value is -4.07. The smallest absolute Gasteiger partial charge is 0.167 e. The highest BCUT2D eigenvalue weighted by molar-refractivity contribution is 5.83. The molecule has 6 rings (SSSR count). The standard InChI is InChI=1S/C33H35N5O2/c1-2-32(39,38-24-36-29-30(34-23-35-31(29)38)37-28-20-12-13-21-28)22-40-33(25-14-6-3-7-15-25,26-16-8-4-9-17-26)27-18-10-5-11-19-27/h3-11,14-19,23-24,28,39H,2,12-13,20-22H2,1H3,(H,34,35,37). The van der Waals surface area contributed by atoms with Crippen molar-refractivity contribution in [3.05, 3.63) is 120 Å². The summed E-state index contributed by atoms with van der Waals surface area (Å²) in [6, 6.07) is 31.0. The lowest BCUT2D eigenvalue weighted by atomic mass is 9.80. The molecule has 0 saturated heterocycles. The van der Waals surface area contributed by atoms with Crippen LogP contribution in [0.5, 0.6) is 0 Å². The molecule has 5 aromatic rings. The number of nitrogens with one attached hydrogen (secondary N) is 1. The fourth-order valence-corrected chi connectivity index (χ4v) is 5.84. The maximum Gasteiger partial charge on any atom is 0.167 e. The third-order valence-corrected chi connectivity index (χ3v) is 8.10. The van der Waals surface area contributed by atoms with Gasteiger partial charge in [-0.2, -0.15) is 0 Å². The van der Waals surface area contributed by atoms with Crippen molar-refractivity contribution >= 4 is 17.0 Å². The lowest BCUT2D eigenvalue weighted by Crippen LogP contribution is -2.43. The molecule has 40 heavy (non-hydrogen) atoms. The minimum Gasteiger partial charge on any atom is -0.368 e. The van der Waals surface area contributed by atoms with Crippen LogP contribution in [0.3, 0.4) is 0 Å². The molecular weight excluding hydrogens is 498 g/mol. The van der Waals surface area contributed by atoms with Crippen LogP contribution in [0, 0.1) is 0 Å². The Morgan fingerprint density at radius 3 is 1.90 bits per heavy atom. The van der Waals surface area contributed by atoms with Gasteiger partial charge in [-0.3, -0.25) is 4.57 Å². The monoisotopic (exact) mass is 533 g/mol. The van der Waals surface area contributed by atoms with E-state index in [9.17, 15) is 5.11 Å². The van der Waals surface area contributed by atoms with Gasteiger partial charge in [0.2, 0.25) is 0 Å². The number of nitrogens with zero attached hydrogens (tertiary/aromatic N) is 4. The summed E-state index contributed by atoms with van der Waals surface area (Å²) in [6.45, 7) is 1.95. The molecule has 0 aliphatic heterocycles. The minimum absolute atomic E-state index is 0.00301. The molecule has 2 aromatic heterocycles. The van der Waals surface area contributed by atoms with Crippen LogP contribution in [0.4, 0.5) is 5.82 Å². The summed E-state index contributed by atoms with van der Waals surface area (Å²) in [4.78, 5) is 13.7. The highest BCUT2D eigenvalue weighted by Crippen LogP contribution is 2.42. The molecule has 2 heterocycles. The van der Waals surface area contributed by atoms with Gasteiger partial charge in [-0.25, -0.2) is 15.0 Å². The second-order valence-electron chi connectivity index (χ2n) is 10.5. The van der Waals surface area contributed by atoms with E-state index in [2.05, 4.69) is 56.7 Å². The van der Waals surface area contributed by atoms with Gasteiger partial charge in [0.1, 0.15) is 11.9 Å². The molecule has 0 radical (unpaired) electrons. The molecular formula is C33H35N5O2. The number of rotatable bonds is 10. The van der Waals surface area contributed by atoms with Crippen molar-refractivity contribution in [2.24, 2.45) is 0 Å². The fourth-order valence-electron chi connectivity index (χ4n) is 5.84. The second-order valence-corrected chi connectivity index (χ2v) is 10.5. The van der Waals surface area contributed by atoms with Crippen LogP contribution in [0.15, 0.2) is 104 Å². The van der Waals surface area contributed by atoms with Crippen molar-refractivity contribution in [1.29, 1.82) is 0 Å². The van der Waals surface area contributed by atoms with Gasteiger partial charge in [0.05, 0.1) is 12.9 Å². The number of fused-ring (bicyclic) bond motifs is 1. The predicted octanol–water partition coefficient (Wildman–Crippen LogP) is 6.24. The lowest BCUT2D eigenvalue weighted by Gasteiger charge is -2.39. The summed E-state index contributed by atoms with van der Waals surface area (Å²) >= 11 is 0. The Morgan fingerprint density at radius 1 is 0.825 bits per heavy atom. The fraction of sp³-hybridized carbons (Fsp3) is 0.303. The number of hydrogen-bond donors (Lipinski definition) is 2. The first-order chi connectivity index (χ1) is 19.6. The SMILES string of the molecule is CCC(O)(COC(c1ccccc1)(c1ccccc1)c1ccccc1)n1cnc2c(NC3CCCC3)ncnc21. The van der Waals surface area contributed by atoms with E-state index in [1.807, 2.05) is 61.5 Å². The lowest BCUT2D eigenvalue weighted by molar-refractivity contribution is -0.136. The third-order valence-electron chi connectivity index (χ3n) is 8.10. The summed E-state index contributed by atoms with van der Waals surface area (Å²) in [5.41, 5.74) is 1.81. The number of anilines is 1. The van der Waals surface area contributed by atoms with Crippen molar-refractivity contribution in [3.63, 3.8) is 0 Å². The molecule has 204 valence electrons. The van der Waals surface area contributed by atoms with Crippen molar-refractivity contribution in [2.75, 3.05) is 11.9 Å². The van der Waals surface area contributed by atoms with Crippen LogP contribution in [0.1, 0.15) is 55.7 Å². The molecule has 1 aliphatic rings. The van der Waals surface area contributed by atoms with Gasteiger partial charge in [-0.15, -0.1) is 0 Å². The highest BCUT2D eigenvalue weighted by Gasteiger charge is 2.41. The first-order valence-corrected chi connectivity index (χ1v) is 14.1. The third kappa shape index (κ3) is 4.76. The Labute approximate surface area is 234 Å². The van der Waals surface area contributed by atoms with Crippen molar-refractivity contribution in [2.45, 2.75) is 56.4 Å². The summed E-state index contributed by atoms with van der Waals surface area (Å²) in [5, 5.41) is 15.7. The van der Waals surface area contributed by atoms with Gasteiger partial charge < -0.3 is 15.2 Å². The molecule has 0 spiro atoms. The van der Waals surface area contributed by atoms with E-state index in [4.69, 9.17) is 4.74 Å². The quantitative estimate of drug-likeness (QED) is 0.207. The van der Waals surface area contributed by atoms with Gasteiger partial charge >= 0.3 is 0 Å². The van der Waals surface area contributed by atoms with Crippen molar-refractivity contribution in [1.82, 2.24) is 19.5 Å². The second kappa shape index (κ2) is 11.2. The van der Waals surface area contributed by atoms with Gasteiger partial charge in [-0.1, -0.05) is 111 Å². The summed E-state index contributed by atoms with van der Waals surface area (Å²) in [7, 11) is 0.